The van der Waals surface area contributed by atoms with Crippen LogP contribution in [0.1, 0.15) is 10.4 Å². The number of hydrogen-bond acceptors (Lipinski definition) is 6. The molecule has 0 atom stereocenters. The standard InChI is InChI=1S/C20H15N5O4/c1-29-15-8-9-17(25(27)28)16(12-15)20(26)21-14-6-4-5-13(11-14)19-23-22-18-7-2-3-10-24(18)19/h2-12H,1H3,(H,21,26). The van der Waals surface area contributed by atoms with Gasteiger partial charge in [-0.2, -0.15) is 0 Å². The van der Waals surface area contributed by atoms with E-state index in [1.807, 2.05) is 34.9 Å². The van der Waals surface area contributed by atoms with Gasteiger partial charge in [-0.1, -0.05) is 18.2 Å². The molecule has 144 valence electrons. The first kappa shape index (κ1) is 18.1. The van der Waals surface area contributed by atoms with Crippen molar-refractivity contribution in [2.45, 2.75) is 0 Å². The molecule has 0 saturated carbocycles. The van der Waals surface area contributed by atoms with Gasteiger partial charge in [0.1, 0.15) is 11.3 Å². The van der Waals surface area contributed by atoms with Crippen molar-refractivity contribution < 1.29 is 14.5 Å². The number of benzene rings is 2. The molecule has 1 N–H and O–H groups in total. The molecule has 0 aliphatic heterocycles. The van der Waals surface area contributed by atoms with Gasteiger partial charge in [0.05, 0.1) is 12.0 Å². The van der Waals surface area contributed by atoms with Crippen LogP contribution in [0.4, 0.5) is 11.4 Å². The summed E-state index contributed by atoms with van der Waals surface area (Å²) in [7, 11) is 1.43. The van der Waals surface area contributed by atoms with E-state index in [-0.39, 0.29) is 11.3 Å². The SMILES string of the molecule is COc1ccc([N+](=O)[O-])c(C(=O)Nc2cccc(-c3nnc4ccccn34)c2)c1. The summed E-state index contributed by atoms with van der Waals surface area (Å²) < 4.78 is 6.91. The van der Waals surface area contributed by atoms with Gasteiger partial charge < -0.3 is 10.1 Å². The Morgan fingerprint density at radius 1 is 1.10 bits per heavy atom. The molecule has 0 unspecified atom stereocenters. The van der Waals surface area contributed by atoms with Gasteiger partial charge in [0.15, 0.2) is 11.5 Å². The highest BCUT2D eigenvalue weighted by molar-refractivity contribution is 6.07. The molecular formula is C20H15N5O4. The van der Waals surface area contributed by atoms with Crippen molar-refractivity contribution in [3.63, 3.8) is 0 Å². The molecule has 0 bridgehead atoms. The van der Waals surface area contributed by atoms with E-state index >= 15 is 0 Å². The Kier molecular flexibility index (Phi) is 4.62. The van der Waals surface area contributed by atoms with Gasteiger partial charge in [-0.25, -0.2) is 0 Å². The van der Waals surface area contributed by atoms with E-state index < -0.39 is 10.8 Å². The third kappa shape index (κ3) is 3.48. The highest BCUT2D eigenvalue weighted by Gasteiger charge is 2.21. The molecule has 1 amide bonds. The number of fused-ring (bicyclic) bond motifs is 1. The number of carbonyl (C=O) groups is 1. The maximum absolute atomic E-state index is 12.7. The molecule has 2 aromatic heterocycles. The number of nitrogens with one attached hydrogen (secondary N) is 1. The Bertz CT molecular complexity index is 1230. The second-order valence-electron chi connectivity index (χ2n) is 6.13. The number of pyridine rings is 1. The van der Waals surface area contributed by atoms with Gasteiger partial charge in [0, 0.05) is 23.5 Å². The minimum Gasteiger partial charge on any atom is -0.497 e. The van der Waals surface area contributed by atoms with Crippen LogP contribution in [0, 0.1) is 10.1 Å². The number of hydrogen-bond donors (Lipinski definition) is 1. The van der Waals surface area contributed by atoms with Crippen LogP contribution in [0.3, 0.4) is 0 Å². The number of aromatic nitrogens is 3. The Labute approximate surface area is 164 Å². The van der Waals surface area contributed by atoms with E-state index in [2.05, 4.69) is 15.5 Å². The fourth-order valence-electron chi connectivity index (χ4n) is 2.96. The molecule has 29 heavy (non-hydrogen) atoms. The van der Waals surface area contributed by atoms with Crippen LogP contribution in [0.2, 0.25) is 0 Å². The predicted molar refractivity (Wildman–Crippen MR) is 106 cm³/mol. The predicted octanol–water partition coefficient (Wildman–Crippen LogP) is 3.57. The molecular weight excluding hydrogens is 374 g/mol. The number of methoxy groups -OCH3 is 1. The summed E-state index contributed by atoms with van der Waals surface area (Å²) in [4.78, 5) is 23.4. The lowest BCUT2D eigenvalue weighted by Crippen LogP contribution is -2.14. The first-order valence-corrected chi connectivity index (χ1v) is 8.61. The van der Waals surface area contributed by atoms with Gasteiger partial charge in [0.2, 0.25) is 0 Å². The lowest BCUT2D eigenvalue weighted by molar-refractivity contribution is -0.385. The molecule has 9 nitrogen and oxygen atoms in total. The summed E-state index contributed by atoms with van der Waals surface area (Å²) >= 11 is 0. The summed E-state index contributed by atoms with van der Waals surface area (Å²) in [6.07, 6.45) is 1.84. The lowest BCUT2D eigenvalue weighted by Gasteiger charge is -2.09. The number of amides is 1. The first-order valence-electron chi connectivity index (χ1n) is 8.61. The minimum absolute atomic E-state index is 0.0901. The quantitative estimate of drug-likeness (QED) is 0.413. The molecule has 4 aromatic rings. The third-order valence-corrected chi connectivity index (χ3v) is 4.34. The van der Waals surface area contributed by atoms with Gasteiger partial charge in [-0.3, -0.25) is 19.3 Å². The summed E-state index contributed by atoms with van der Waals surface area (Å²) in [5, 5.41) is 22.3. The Morgan fingerprint density at radius 2 is 1.97 bits per heavy atom. The van der Waals surface area contributed by atoms with Crippen LogP contribution in [-0.2, 0) is 0 Å². The lowest BCUT2D eigenvalue weighted by atomic mass is 10.1. The Balaban J connectivity index is 1.67. The molecule has 0 spiro atoms. The smallest absolute Gasteiger partial charge is 0.282 e. The molecule has 0 radical (unpaired) electrons. The molecule has 2 heterocycles. The van der Waals surface area contributed by atoms with Crippen LogP contribution in [-0.4, -0.2) is 32.5 Å². The van der Waals surface area contributed by atoms with E-state index in [9.17, 15) is 14.9 Å². The number of nitrogens with zero attached hydrogens (tertiary/aromatic N) is 4. The third-order valence-electron chi connectivity index (χ3n) is 4.34. The highest BCUT2D eigenvalue weighted by atomic mass is 16.6. The molecule has 2 aromatic carbocycles. The number of anilines is 1. The fourth-order valence-corrected chi connectivity index (χ4v) is 2.96. The van der Waals surface area contributed by atoms with Crippen LogP contribution in [0.25, 0.3) is 17.0 Å². The van der Waals surface area contributed by atoms with Crippen molar-refractivity contribution >= 4 is 22.9 Å². The van der Waals surface area contributed by atoms with E-state index in [1.165, 1.54) is 25.3 Å². The largest absolute Gasteiger partial charge is 0.497 e. The average molecular weight is 389 g/mol. The van der Waals surface area contributed by atoms with E-state index in [0.717, 1.165) is 5.56 Å². The first-order chi connectivity index (χ1) is 14.1. The molecule has 0 fully saturated rings. The summed E-state index contributed by atoms with van der Waals surface area (Å²) in [5.41, 5.74) is 1.51. The highest BCUT2D eigenvalue weighted by Crippen LogP contribution is 2.26. The summed E-state index contributed by atoms with van der Waals surface area (Å²) in [6, 6.07) is 16.6. The van der Waals surface area contributed by atoms with Crippen LogP contribution < -0.4 is 10.1 Å². The number of rotatable bonds is 5. The molecule has 0 aliphatic carbocycles. The average Bonchev–Trinajstić information content (AvgIpc) is 3.17. The maximum atomic E-state index is 12.7. The number of ether oxygens (including phenoxy) is 1. The zero-order chi connectivity index (χ0) is 20.4. The van der Waals surface area contributed by atoms with Gasteiger partial charge >= 0.3 is 0 Å². The molecule has 0 saturated heterocycles. The van der Waals surface area contributed by atoms with Gasteiger partial charge in [-0.15, -0.1) is 10.2 Å². The van der Waals surface area contributed by atoms with E-state index in [4.69, 9.17) is 4.74 Å². The maximum Gasteiger partial charge on any atom is 0.282 e. The molecule has 4 rings (SSSR count). The summed E-state index contributed by atoms with van der Waals surface area (Å²) in [5.74, 6) is 0.354. The number of nitro groups is 1. The topological polar surface area (TPSA) is 112 Å². The van der Waals surface area contributed by atoms with Crippen molar-refractivity contribution in [1.29, 1.82) is 0 Å². The Morgan fingerprint density at radius 3 is 2.76 bits per heavy atom. The molecule has 9 heteroatoms. The summed E-state index contributed by atoms with van der Waals surface area (Å²) in [6.45, 7) is 0. The number of carbonyl (C=O) groups excluding carboxylic acids is 1. The van der Waals surface area contributed by atoms with Gasteiger partial charge in [-0.05, 0) is 36.4 Å². The minimum atomic E-state index is -0.612. The normalized spacial score (nSPS) is 10.7. The van der Waals surface area contributed by atoms with Crippen molar-refractivity contribution in [3.8, 4) is 17.1 Å². The van der Waals surface area contributed by atoms with Crippen LogP contribution in [0.15, 0.2) is 66.9 Å². The second kappa shape index (κ2) is 7.39. The number of nitro benzene ring substituents is 1. The van der Waals surface area contributed by atoms with Crippen LogP contribution >= 0.6 is 0 Å². The van der Waals surface area contributed by atoms with Crippen molar-refractivity contribution in [1.82, 2.24) is 14.6 Å². The van der Waals surface area contributed by atoms with Crippen molar-refractivity contribution in [2.24, 2.45) is 0 Å². The molecule has 0 aliphatic rings. The second-order valence-corrected chi connectivity index (χ2v) is 6.13. The fraction of sp³-hybridized carbons (Fsp3) is 0.0500. The van der Waals surface area contributed by atoms with Crippen molar-refractivity contribution in [2.75, 3.05) is 12.4 Å². The van der Waals surface area contributed by atoms with Crippen LogP contribution in [0.5, 0.6) is 5.75 Å². The van der Waals surface area contributed by atoms with E-state index in [0.29, 0.717) is 22.9 Å². The van der Waals surface area contributed by atoms with Gasteiger partial charge in [0.25, 0.3) is 11.6 Å². The zero-order valence-electron chi connectivity index (χ0n) is 15.3. The van der Waals surface area contributed by atoms with Crippen molar-refractivity contribution in [3.05, 3.63) is 82.5 Å². The monoisotopic (exact) mass is 389 g/mol. The zero-order valence-corrected chi connectivity index (χ0v) is 15.3. The Hall–Kier alpha value is -4.27. The van der Waals surface area contributed by atoms with E-state index in [1.54, 1.807) is 18.2 Å².